The molecule has 0 aromatic heterocycles. The molecular formula is C33H70N3O6P. The second-order valence-electron chi connectivity index (χ2n) is 12.8. The molecular weight excluding hydrogens is 565 g/mol. The van der Waals surface area contributed by atoms with Crippen LogP contribution < -0.4 is 0 Å². The van der Waals surface area contributed by atoms with Gasteiger partial charge in [0.25, 0.3) is 0 Å². The van der Waals surface area contributed by atoms with Crippen molar-refractivity contribution in [1.82, 2.24) is 0 Å². The first-order valence-corrected chi connectivity index (χ1v) is 20.9. The van der Waals surface area contributed by atoms with Gasteiger partial charge in [0, 0.05) is 0 Å². The Bertz CT molecular complexity index is 604. The molecule has 0 rings (SSSR count). The van der Waals surface area contributed by atoms with Crippen LogP contribution in [0.4, 0.5) is 0 Å². The maximum absolute atomic E-state index is 9.50. The molecule has 9 nitrogen and oxygen atoms in total. The number of hydrogen-bond acceptors (Lipinski definition) is 6. The molecule has 0 aromatic carbocycles. The molecule has 43 heavy (non-hydrogen) atoms. The van der Waals surface area contributed by atoms with Crippen LogP contribution in [-0.2, 0) is 0 Å². The van der Waals surface area contributed by atoms with Crippen LogP contribution >= 0.6 is 7.26 Å². The molecule has 0 saturated carbocycles. The van der Waals surface area contributed by atoms with Crippen LogP contribution in [-0.4, -0.2) is 45.7 Å². The number of nitrogens with zero attached hydrogens (tertiary/aromatic N) is 3. The molecule has 0 bridgehead atoms. The van der Waals surface area contributed by atoms with E-state index < -0.39 is 28.3 Å². The van der Waals surface area contributed by atoms with Crippen LogP contribution in [0, 0.1) is 30.3 Å². The monoisotopic (exact) mass is 636 g/mol. The quantitative estimate of drug-likeness (QED) is 0.0245. The number of rotatable bonds is 31. The summed E-state index contributed by atoms with van der Waals surface area (Å²) in [5.74, 6) is 0. The summed E-state index contributed by atoms with van der Waals surface area (Å²) in [6.07, 6.45) is 39.4. The molecule has 0 N–H and O–H groups in total. The SMILES string of the molecule is CCCCCCCCCCCCCC[PH](CCCCCC)(CCCCCC)CCCCCC.O=[N+]([O-])C([N+](=O)[O-])[N+](=O)[O-]. The van der Waals surface area contributed by atoms with E-state index in [2.05, 4.69) is 27.7 Å². The smallest absolute Gasteiger partial charge is 0.253 e. The third-order valence-corrected chi connectivity index (χ3v) is 14.5. The van der Waals surface area contributed by atoms with Gasteiger partial charge in [-0.25, -0.2) is 0 Å². The predicted molar refractivity (Wildman–Crippen MR) is 186 cm³/mol. The Morgan fingerprint density at radius 1 is 0.372 bits per heavy atom. The van der Waals surface area contributed by atoms with Crippen molar-refractivity contribution in [2.24, 2.45) is 0 Å². The van der Waals surface area contributed by atoms with Crippen molar-refractivity contribution in [2.75, 3.05) is 24.6 Å². The number of hydrogen-bond donors (Lipinski definition) is 0. The zero-order chi connectivity index (χ0) is 32.6. The largest absolute Gasteiger partial charge is 0.693 e. The second kappa shape index (κ2) is 32.0. The van der Waals surface area contributed by atoms with Crippen molar-refractivity contribution < 1.29 is 14.8 Å². The maximum atomic E-state index is 9.50. The molecule has 0 saturated heterocycles. The van der Waals surface area contributed by atoms with Gasteiger partial charge in [-0.05, 0) is 0 Å². The van der Waals surface area contributed by atoms with Gasteiger partial charge < -0.3 is 0 Å². The van der Waals surface area contributed by atoms with Crippen molar-refractivity contribution >= 4 is 7.26 Å². The summed E-state index contributed by atoms with van der Waals surface area (Å²) < 4.78 is 0. The van der Waals surface area contributed by atoms with E-state index in [1.54, 1.807) is 50.3 Å². The van der Waals surface area contributed by atoms with Crippen molar-refractivity contribution in [3.63, 3.8) is 0 Å². The normalized spacial score (nSPS) is 11.7. The van der Waals surface area contributed by atoms with Crippen molar-refractivity contribution in [3.05, 3.63) is 30.3 Å². The molecule has 0 atom stereocenters. The van der Waals surface area contributed by atoms with Crippen LogP contribution in [0.5, 0.6) is 0 Å². The Labute approximate surface area is 264 Å². The molecule has 0 amide bonds. The van der Waals surface area contributed by atoms with Crippen LogP contribution in [0.15, 0.2) is 0 Å². The minimum Gasteiger partial charge on any atom is -0.253 e. The Morgan fingerprint density at radius 3 is 0.744 bits per heavy atom. The fraction of sp³-hybridized carbons (Fsp3) is 1.00. The van der Waals surface area contributed by atoms with Crippen molar-refractivity contribution in [1.29, 1.82) is 0 Å². The van der Waals surface area contributed by atoms with E-state index >= 15 is 0 Å². The summed E-state index contributed by atoms with van der Waals surface area (Å²) in [6.45, 7) is 9.42. The maximum Gasteiger partial charge on any atom is 0.693 e. The van der Waals surface area contributed by atoms with Gasteiger partial charge >= 0.3 is 207 Å². The van der Waals surface area contributed by atoms with E-state index in [0.29, 0.717) is 0 Å². The van der Waals surface area contributed by atoms with E-state index in [9.17, 15) is 30.3 Å². The molecule has 0 radical (unpaired) electrons. The molecule has 10 heteroatoms. The average molecular weight is 636 g/mol. The minimum absolute atomic E-state index is 1.04. The van der Waals surface area contributed by atoms with Gasteiger partial charge in [0.2, 0.25) is 0 Å². The summed E-state index contributed by atoms with van der Waals surface area (Å²) >= 11 is 0. The molecule has 0 aliphatic carbocycles. The van der Waals surface area contributed by atoms with Crippen LogP contribution in [0.1, 0.15) is 182 Å². The summed E-state index contributed by atoms with van der Waals surface area (Å²) in [5.41, 5.74) is 0. The van der Waals surface area contributed by atoms with E-state index in [0.717, 1.165) is 0 Å². The molecule has 0 aromatic rings. The van der Waals surface area contributed by atoms with Crippen LogP contribution in [0.25, 0.3) is 0 Å². The number of unbranched alkanes of at least 4 members (excludes halogenated alkanes) is 20. The van der Waals surface area contributed by atoms with Gasteiger partial charge in [0.05, 0.1) is 0 Å². The first-order chi connectivity index (χ1) is 20.7. The molecule has 0 spiro atoms. The van der Waals surface area contributed by atoms with Crippen LogP contribution in [0.3, 0.4) is 0 Å². The predicted octanol–water partition coefficient (Wildman–Crippen LogP) is 11.3. The topological polar surface area (TPSA) is 129 Å². The van der Waals surface area contributed by atoms with Crippen molar-refractivity contribution in [2.45, 2.75) is 188 Å². The zero-order valence-corrected chi connectivity index (χ0v) is 29.7. The fourth-order valence-corrected chi connectivity index (χ4v) is 11.6. The van der Waals surface area contributed by atoms with Gasteiger partial charge in [-0.2, -0.15) is 0 Å². The Balaban J connectivity index is 0. The molecule has 0 aliphatic heterocycles. The van der Waals surface area contributed by atoms with Crippen molar-refractivity contribution in [3.8, 4) is 0 Å². The molecule has 0 unspecified atom stereocenters. The van der Waals surface area contributed by atoms with Gasteiger partial charge in [-0.1, -0.05) is 13.3 Å². The molecule has 0 fully saturated rings. The third kappa shape index (κ3) is 27.9. The summed E-state index contributed by atoms with van der Waals surface area (Å²) in [4.78, 5) is 23.8. The third-order valence-electron chi connectivity index (χ3n) is 8.81. The molecule has 0 heterocycles. The summed E-state index contributed by atoms with van der Waals surface area (Å²) in [6, 6.07) is 0. The van der Waals surface area contributed by atoms with Gasteiger partial charge in [0.1, 0.15) is 0 Å². The number of nitro groups is 3. The van der Waals surface area contributed by atoms with Gasteiger partial charge in [-0.15, -0.1) is 0 Å². The standard InChI is InChI=1S/C32H69P.CHN3O6/c1-5-9-13-17-18-19-20-21-22-23-24-28-32-33(29-25-14-10-6-2,30-26-15-11-7-3)31-27-16-12-8-4;5-2(6)1(3(7)8)4(9)10/h33H,5-32H2,1-4H3;1H. The van der Waals surface area contributed by atoms with E-state index in [1.165, 1.54) is 128 Å². The summed E-state index contributed by atoms with van der Waals surface area (Å²) in [7, 11) is -1.04. The first-order valence-electron chi connectivity index (χ1n) is 18.1. The van der Waals surface area contributed by atoms with E-state index in [-0.39, 0.29) is 0 Å². The Morgan fingerprint density at radius 2 is 0.558 bits per heavy atom. The average Bonchev–Trinajstić information content (AvgIpc) is 2.96. The van der Waals surface area contributed by atoms with Gasteiger partial charge in [-0.3, -0.25) is 30.3 Å². The zero-order valence-electron chi connectivity index (χ0n) is 28.7. The summed E-state index contributed by atoms with van der Waals surface area (Å²) in [5, 5.41) is 28.5. The van der Waals surface area contributed by atoms with Gasteiger partial charge in [0.15, 0.2) is 14.8 Å². The first kappa shape index (κ1) is 43.8. The fourth-order valence-electron chi connectivity index (χ4n) is 6.10. The minimum atomic E-state index is -2.94. The van der Waals surface area contributed by atoms with Crippen LogP contribution in [0.2, 0.25) is 0 Å². The van der Waals surface area contributed by atoms with E-state index in [4.69, 9.17) is 0 Å². The molecule has 258 valence electrons. The Kier molecular flexibility index (Phi) is 32.6. The Hall–Kier alpha value is -1.37. The molecule has 0 aliphatic rings. The second-order valence-corrected chi connectivity index (χ2v) is 17.8. The van der Waals surface area contributed by atoms with E-state index in [1.807, 2.05) is 0 Å².